The van der Waals surface area contributed by atoms with Crippen LogP contribution >= 0.6 is 0 Å². The zero-order chi connectivity index (χ0) is 32.3. The lowest BCUT2D eigenvalue weighted by atomic mass is 9.91. The van der Waals surface area contributed by atoms with Gasteiger partial charge in [-0.2, -0.15) is 26.3 Å². The quantitative estimate of drug-likeness (QED) is 0.333. The Kier molecular flexibility index (Phi) is 9.58. The SMILES string of the molecule is O=C(NCCN1CCNC1=O)Nc1ccc(C(=O)N2CCN(Cc3ccc(C(O)(C(F)(F)F)C(F)(F)F)cc3)CC2)cc1F. The van der Waals surface area contributed by atoms with Gasteiger partial charge in [-0.3, -0.25) is 9.69 Å². The zero-order valence-corrected chi connectivity index (χ0v) is 23.1. The average Bonchev–Trinajstić information content (AvgIpc) is 3.37. The second-order valence-corrected chi connectivity index (χ2v) is 10.3. The number of nitrogens with one attached hydrogen (secondary N) is 3. The number of aliphatic hydroxyl groups is 1. The summed E-state index contributed by atoms with van der Waals surface area (Å²) in [5, 5.41) is 17.0. The molecule has 2 aromatic carbocycles. The van der Waals surface area contributed by atoms with Gasteiger partial charge in [-0.1, -0.05) is 24.3 Å². The predicted molar refractivity (Wildman–Crippen MR) is 142 cm³/mol. The molecule has 2 saturated heterocycles. The number of hydrogen-bond donors (Lipinski definition) is 4. The van der Waals surface area contributed by atoms with E-state index in [0.29, 0.717) is 43.9 Å². The Morgan fingerprint density at radius 3 is 2.09 bits per heavy atom. The number of anilines is 1. The Bertz CT molecular complexity index is 1350. The van der Waals surface area contributed by atoms with Crippen LogP contribution in [0, 0.1) is 5.82 Å². The molecular formula is C27H29F7N6O4. The maximum atomic E-state index is 14.7. The minimum absolute atomic E-state index is 0.0411. The Balaban J connectivity index is 1.27. The molecule has 0 aliphatic carbocycles. The summed E-state index contributed by atoms with van der Waals surface area (Å²) >= 11 is 0. The fraction of sp³-hybridized carbons (Fsp3) is 0.444. The molecule has 44 heavy (non-hydrogen) atoms. The summed E-state index contributed by atoms with van der Waals surface area (Å²) in [6.07, 6.45) is -11.9. The molecule has 2 fully saturated rings. The van der Waals surface area contributed by atoms with Gasteiger partial charge in [-0.25, -0.2) is 14.0 Å². The van der Waals surface area contributed by atoms with Crippen molar-refractivity contribution in [3.63, 3.8) is 0 Å². The van der Waals surface area contributed by atoms with E-state index in [-0.39, 0.29) is 50.0 Å². The van der Waals surface area contributed by atoms with Gasteiger partial charge in [0, 0.05) is 70.0 Å². The molecule has 5 amide bonds. The Morgan fingerprint density at radius 2 is 1.55 bits per heavy atom. The maximum absolute atomic E-state index is 14.7. The average molecular weight is 635 g/mol. The number of urea groups is 2. The van der Waals surface area contributed by atoms with Crippen LogP contribution in [-0.4, -0.2) is 102 Å². The van der Waals surface area contributed by atoms with Crippen molar-refractivity contribution >= 4 is 23.7 Å². The fourth-order valence-corrected chi connectivity index (χ4v) is 4.83. The van der Waals surface area contributed by atoms with Gasteiger partial charge in [0.15, 0.2) is 0 Å². The van der Waals surface area contributed by atoms with Crippen molar-refractivity contribution in [3.8, 4) is 0 Å². The number of hydrogen-bond acceptors (Lipinski definition) is 5. The molecule has 2 aliphatic heterocycles. The molecule has 4 N–H and O–H groups in total. The highest BCUT2D eigenvalue weighted by Gasteiger charge is 2.71. The monoisotopic (exact) mass is 634 g/mol. The molecule has 2 heterocycles. The Labute approximate surface area is 246 Å². The van der Waals surface area contributed by atoms with Gasteiger partial charge in [0.2, 0.25) is 0 Å². The minimum Gasteiger partial charge on any atom is -0.369 e. The van der Waals surface area contributed by atoms with Crippen LogP contribution in [0.5, 0.6) is 0 Å². The van der Waals surface area contributed by atoms with Crippen LogP contribution in [0.4, 0.5) is 46.0 Å². The molecule has 4 rings (SSSR count). The molecule has 0 atom stereocenters. The number of carbonyl (C=O) groups excluding carboxylic acids is 3. The van der Waals surface area contributed by atoms with Crippen LogP contribution in [0.1, 0.15) is 21.5 Å². The van der Waals surface area contributed by atoms with Crippen LogP contribution in [0.3, 0.4) is 0 Å². The molecule has 2 aromatic rings. The Hall–Kier alpha value is -4.12. The summed E-state index contributed by atoms with van der Waals surface area (Å²) in [5.74, 6) is -1.30. The number of nitrogens with zero attached hydrogens (tertiary/aromatic N) is 3. The van der Waals surface area contributed by atoms with Crippen LogP contribution in [-0.2, 0) is 12.1 Å². The normalized spacial score (nSPS) is 16.6. The number of amides is 5. The van der Waals surface area contributed by atoms with E-state index in [4.69, 9.17) is 0 Å². The highest BCUT2D eigenvalue weighted by Crippen LogP contribution is 2.50. The van der Waals surface area contributed by atoms with E-state index in [0.717, 1.165) is 18.2 Å². The van der Waals surface area contributed by atoms with Gasteiger partial charge in [0.1, 0.15) is 5.82 Å². The maximum Gasteiger partial charge on any atom is 0.430 e. The first-order valence-corrected chi connectivity index (χ1v) is 13.4. The van der Waals surface area contributed by atoms with Crippen molar-refractivity contribution in [1.82, 2.24) is 25.3 Å². The van der Waals surface area contributed by atoms with E-state index in [1.165, 1.54) is 21.9 Å². The Morgan fingerprint density at radius 1 is 0.909 bits per heavy atom. The molecular weight excluding hydrogens is 605 g/mol. The van der Waals surface area contributed by atoms with E-state index in [9.17, 15) is 50.2 Å². The molecule has 10 nitrogen and oxygen atoms in total. The predicted octanol–water partition coefficient (Wildman–Crippen LogP) is 3.24. The van der Waals surface area contributed by atoms with Gasteiger partial charge < -0.3 is 30.9 Å². The van der Waals surface area contributed by atoms with E-state index in [1.807, 2.05) is 4.90 Å². The van der Waals surface area contributed by atoms with Crippen molar-refractivity contribution in [2.24, 2.45) is 0 Å². The summed E-state index contributed by atoms with van der Waals surface area (Å²) in [5.41, 5.74) is -6.06. The molecule has 0 unspecified atom stereocenters. The lowest BCUT2D eigenvalue weighted by molar-refractivity contribution is -0.376. The van der Waals surface area contributed by atoms with Crippen LogP contribution < -0.4 is 16.0 Å². The third-order valence-electron chi connectivity index (χ3n) is 7.33. The summed E-state index contributed by atoms with van der Waals surface area (Å²) < 4.78 is 93.3. The summed E-state index contributed by atoms with van der Waals surface area (Å²) in [6.45, 7) is 2.72. The molecule has 0 radical (unpaired) electrons. The van der Waals surface area contributed by atoms with Gasteiger partial charge in [-0.05, 0) is 23.8 Å². The molecule has 0 spiro atoms. The lowest BCUT2D eigenvalue weighted by Crippen LogP contribution is -2.53. The molecule has 2 aliphatic rings. The number of alkyl halides is 6. The second-order valence-electron chi connectivity index (χ2n) is 10.3. The molecule has 0 saturated carbocycles. The lowest BCUT2D eigenvalue weighted by Gasteiger charge is -2.35. The third kappa shape index (κ3) is 7.15. The molecule has 0 aromatic heterocycles. The first-order chi connectivity index (χ1) is 20.6. The largest absolute Gasteiger partial charge is 0.430 e. The van der Waals surface area contributed by atoms with Crippen molar-refractivity contribution in [2.45, 2.75) is 24.5 Å². The summed E-state index contributed by atoms with van der Waals surface area (Å²) in [4.78, 5) is 41.4. The highest BCUT2D eigenvalue weighted by molar-refractivity contribution is 5.95. The first-order valence-electron chi connectivity index (χ1n) is 13.4. The van der Waals surface area contributed by atoms with Gasteiger partial charge in [0.05, 0.1) is 5.69 Å². The number of halogens is 7. The van der Waals surface area contributed by atoms with E-state index >= 15 is 0 Å². The smallest absolute Gasteiger partial charge is 0.369 e. The van der Waals surface area contributed by atoms with E-state index in [2.05, 4.69) is 16.0 Å². The van der Waals surface area contributed by atoms with Crippen LogP contribution in [0.2, 0.25) is 0 Å². The van der Waals surface area contributed by atoms with Crippen molar-refractivity contribution in [3.05, 3.63) is 65.0 Å². The summed E-state index contributed by atoms with van der Waals surface area (Å²) in [7, 11) is 0. The number of benzene rings is 2. The first kappa shape index (κ1) is 32.8. The zero-order valence-electron chi connectivity index (χ0n) is 23.1. The van der Waals surface area contributed by atoms with Gasteiger partial charge in [0.25, 0.3) is 11.5 Å². The third-order valence-corrected chi connectivity index (χ3v) is 7.33. The van der Waals surface area contributed by atoms with Crippen molar-refractivity contribution < 1.29 is 50.2 Å². The summed E-state index contributed by atoms with van der Waals surface area (Å²) in [6, 6.07) is 5.97. The standard InChI is InChI=1S/C27H29F7N6O4/c28-20-15-18(3-6-21(20)37-23(42)35-7-9-40-10-8-36-24(40)43)22(41)39-13-11-38(12-14-39)16-17-1-4-19(5-2-17)25(44,26(29,30)31)27(32,33)34/h1-6,15,44H,7-14,16H2,(H,36,43)(H2,35,37,42). The fourth-order valence-electron chi connectivity index (χ4n) is 4.83. The number of rotatable bonds is 8. The van der Waals surface area contributed by atoms with Crippen molar-refractivity contribution in [2.75, 3.05) is 57.7 Å². The van der Waals surface area contributed by atoms with E-state index in [1.54, 1.807) is 0 Å². The second kappa shape index (κ2) is 12.9. The van der Waals surface area contributed by atoms with Gasteiger partial charge in [-0.15, -0.1) is 0 Å². The molecule has 240 valence electrons. The van der Waals surface area contributed by atoms with E-state index < -0.39 is 41.3 Å². The van der Waals surface area contributed by atoms with Crippen molar-refractivity contribution in [1.29, 1.82) is 0 Å². The molecule has 0 bridgehead atoms. The topological polar surface area (TPSA) is 117 Å². The highest BCUT2D eigenvalue weighted by atomic mass is 19.4. The van der Waals surface area contributed by atoms with Gasteiger partial charge >= 0.3 is 24.4 Å². The molecule has 17 heteroatoms. The minimum atomic E-state index is -5.97. The number of carbonyl (C=O) groups is 3. The van der Waals surface area contributed by atoms with Crippen LogP contribution in [0.15, 0.2) is 42.5 Å². The number of piperazine rings is 1. The van der Waals surface area contributed by atoms with Crippen LogP contribution in [0.25, 0.3) is 0 Å².